The molecule has 0 bridgehead atoms. The molecule has 0 spiro atoms. The van der Waals surface area contributed by atoms with E-state index in [2.05, 4.69) is 5.32 Å². The maximum atomic E-state index is 12.5. The molecule has 8 nitrogen and oxygen atoms in total. The van der Waals surface area contributed by atoms with E-state index in [0.29, 0.717) is 6.54 Å². The fourth-order valence-corrected chi connectivity index (χ4v) is 3.88. The van der Waals surface area contributed by atoms with Crippen molar-refractivity contribution in [2.45, 2.75) is 11.3 Å². The van der Waals surface area contributed by atoms with Gasteiger partial charge < -0.3 is 10.2 Å². The highest BCUT2D eigenvalue weighted by Gasteiger charge is 2.28. The van der Waals surface area contributed by atoms with E-state index in [4.69, 9.17) is 0 Å². The van der Waals surface area contributed by atoms with Gasteiger partial charge >= 0.3 is 5.69 Å². The molecule has 0 saturated carbocycles. The van der Waals surface area contributed by atoms with Crippen molar-refractivity contribution in [2.24, 2.45) is 0 Å². The van der Waals surface area contributed by atoms with Crippen molar-refractivity contribution < 1.29 is 18.1 Å². The van der Waals surface area contributed by atoms with Crippen molar-refractivity contribution in [1.29, 1.82) is 0 Å². The number of sulfone groups is 1. The van der Waals surface area contributed by atoms with Gasteiger partial charge in [-0.3, -0.25) is 14.9 Å². The summed E-state index contributed by atoms with van der Waals surface area (Å²) in [5.41, 5.74) is 1.35. The summed E-state index contributed by atoms with van der Waals surface area (Å²) in [5, 5.41) is 14.1. The molecule has 1 amide bonds. The van der Waals surface area contributed by atoms with E-state index in [-0.39, 0.29) is 23.0 Å². The van der Waals surface area contributed by atoms with Crippen LogP contribution in [0.25, 0.3) is 0 Å². The highest BCUT2D eigenvalue weighted by atomic mass is 32.2. The minimum atomic E-state index is -3.77. The van der Waals surface area contributed by atoms with Crippen LogP contribution in [0.3, 0.4) is 0 Å². The highest BCUT2D eigenvalue weighted by molar-refractivity contribution is 7.90. The smallest absolute Gasteiger partial charge is 0.310 e. The molecule has 2 aromatic rings. The van der Waals surface area contributed by atoms with Gasteiger partial charge in [0.2, 0.25) is 5.91 Å². The minimum absolute atomic E-state index is 0.00115. The lowest BCUT2D eigenvalue weighted by molar-refractivity contribution is -0.386. The molecule has 0 saturated heterocycles. The summed E-state index contributed by atoms with van der Waals surface area (Å²) in [6.45, 7) is 0.369. The number of para-hydroxylation sites is 2. The van der Waals surface area contributed by atoms with E-state index < -0.39 is 20.4 Å². The number of benzene rings is 2. The van der Waals surface area contributed by atoms with Crippen molar-refractivity contribution in [3.63, 3.8) is 0 Å². The van der Waals surface area contributed by atoms with Crippen LogP contribution in [0.15, 0.2) is 47.4 Å². The van der Waals surface area contributed by atoms with Crippen LogP contribution in [0, 0.1) is 10.1 Å². The molecule has 3 rings (SSSR count). The maximum Gasteiger partial charge on any atom is 0.310 e. The largest absolute Gasteiger partial charge is 0.370 e. The highest BCUT2D eigenvalue weighted by Crippen LogP contribution is 2.32. The Morgan fingerprint density at radius 3 is 2.65 bits per heavy atom. The van der Waals surface area contributed by atoms with Gasteiger partial charge in [-0.25, -0.2) is 8.42 Å². The molecular formula is C17H17N3O5S. The Hall–Kier alpha value is -2.94. The first kappa shape index (κ1) is 17.9. The lowest BCUT2D eigenvalue weighted by atomic mass is 10.2. The SMILES string of the molecule is CS(=O)(=O)c1cccc(NCC(=O)N2CCc3ccccc32)c1[N+](=O)[O-]. The van der Waals surface area contributed by atoms with Gasteiger partial charge in [0.15, 0.2) is 9.84 Å². The molecule has 0 aliphatic carbocycles. The summed E-state index contributed by atoms with van der Waals surface area (Å²) < 4.78 is 23.6. The first-order valence-corrected chi connectivity index (χ1v) is 9.78. The Morgan fingerprint density at radius 2 is 1.96 bits per heavy atom. The van der Waals surface area contributed by atoms with Crippen LogP contribution in [0.2, 0.25) is 0 Å². The fraction of sp³-hybridized carbons (Fsp3) is 0.235. The topological polar surface area (TPSA) is 110 Å². The molecule has 1 aliphatic heterocycles. The van der Waals surface area contributed by atoms with Gasteiger partial charge in [-0.05, 0) is 30.2 Å². The quantitative estimate of drug-likeness (QED) is 0.632. The summed E-state index contributed by atoms with van der Waals surface area (Å²) in [5.74, 6) is -0.242. The van der Waals surface area contributed by atoms with Crippen molar-refractivity contribution in [1.82, 2.24) is 0 Å². The minimum Gasteiger partial charge on any atom is -0.370 e. The Kier molecular flexibility index (Phi) is 4.64. The van der Waals surface area contributed by atoms with E-state index >= 15 is 0 Å². The van der Waals surface area contributed by atoms with Crippen LogP contribution in [0.1, 0.15) is 5.56 Å². The Bertz CT molecular complexity index is 988. The van der Waals surface area contributed by atoms with E-state index in [0.717, 1.165) is 23.9 Å². The fourth-order valence-electron chi connectivity index (χ4n) is 3.02. The third-order valence-corrected chi connectivity index (χ3v) is 5.33. The van der Waals surface area contributed by atoms with Crippen LogP contribution in [-0.4, -0.2) is 38.6 Å². The monoisotopic (exact) mass is 375 g/mol. The van der Waals surface area contributed by atoms with E-state index in [1.807, 2.05) is 24.3 Å². The number of rotatable bonds is 5. The first-order chi connectivity index (χ1) is 12.3. The van der Waals surface area contributed by atoms with Gasteiger partial charge in [0.1, 0.15) is 10.6 Å². The molecule has 26 heavy (non-hydrogen) atoms. The van der Waals surface area contributed by atoms with Crippen molar-refractivity contribution in [3.8, 4) is 0 Å². The molecular weight excluding hydrogens is 358 g/mol. The summed E-state index contributed by atoms with van der Waals surface area (Å²) in [6.07, 6.45) is 1.66. The van der Waals surface area contributed by atoms with E-state index in [9.17, 15) is 23.3 Å². The number of carbonyl (C=O) groups excluding carboxylic acids is 1. The number of amides is 1. The van der Waals surface area contributed by atoms with Crippen LogP contribution in [-0.2, 0) is 21.1 Å². The van der Waals surface area contributed by atoms with Gasteiger partial charge in [-0.2, -0.15) is 0 Å². The second-order valence-corrected chi connectivity index (χ2v) is 7.94. The number of hydrogen-bond donors (Lipinski definition) is 1. The molecule has 1 heterocycles. The molecule has 0 unspecified atom stereocenters. The molecule has 136 valence electrons. The summed E-state index contributed by atoms with van der Waals surface area (Å²) in [6, 6.07) is 11.5. The lowest BCUT2D eigenvalue weighted by Crippen LogP contribution is -2.34. The van der Waals surface area contributed by atoms with Gasteiger partial charge in [0, 0.05) is 18.5 Å². The number of fused-ring (bicyclic) bond motifs is 1. The molecule has 0 atom stereocenters. The number of nitrogens with one attached hydrogen (secondary N) is 1. The Labute approximate surface area is 150 Å². The second-order valence-electron chi connectivity index (χ2n) is 5.96. The number of nitrogens with zero attached hydrogens (tertiary/aromatic N) is 2. The van der Waals surface area contributed by atoms with Crippen LogP contribution in [0.4, 0.5) is 17.1 Å². The van der Waals surface area contributed by atoms with Gasteiger partial charge in [-0.15, -0.1) is 0 Å². The van der Waals surface area contributed by atoms with Crippen molar-refractivity contribution in [2.75, 3.05) is 29.6 Å². The number of hydrogen-bond acceptors (Lipinski definition) is 6. The second kappa shape index (κ2) is 6.75. The van der Waals surface area contributed by atoms with Gasteiger partial charge in [0.25, 0.3) is 0 Å². The molecule has 0 aromatic heterocycles. The predicted molar refractivity (Wildman–Crippen MR) is 97.2 cm³/mol. The lowest BCUT2D eigenvalue weighted by Gasteiger charge is -2.18. The third-order valence-electron chi connectivity index (χ3n) is 4.20. The molecule has 1 N–H and O–H groups in total. The average molecular weight is 375 g/mol. The molecule has 0 radical (unpaired) electrons. The predicted octanol–water partition coefficient (Wildman–Crippen LogP) is 2.00. The summed E-state index contributed by atoms with van der Waals surface area (Å²) in [7, 11) is -3.77. The number of nitro groups is 1. The molecule has 0 fully saturated rings. The zero-order valence-corrected chi connectivity index (χ0v) is 14.8. The number of anilines is 2. The Balaban J connectivity index is 1.83. The van der Waals surface area contributed by atoms with E-state index in [1.165, 1.54) is 18.2 Å². The van der Waals surface area contributed by atoms with Crippen LogP contribution in [0.5, 0.6) is 0 Å². The Morgan fingerprint density at radius 1 is 1.23 bits per heavy atom. The standard InChI is InChI=1S/C17H17N3O5S/c1-26(24,25)15-8-4-6-13(17(15)20(22)23)18-11-16(21)19-10-9-12-5-2-3-7-14(12)19/h2-8,18H,9-11H2,1H3. The van der Waals surface area contributed by atoms with Crippen LogP contribution >= 0.6 is 0 Å². The summed E-state index contributed by atoms with van der Waals surface area (Å²) >= 11 is 0. The number of nitro benzene ring substituents is 1. The van der Waals surface area contributed by atoms with Gasteiger partial charge in [0.05, 0.1) is 11.5 Å². The third kappa shape index (κ3) is 3.38. The van der Waals surface area contributed by atoms with Crippen molar-refractivity contribution in [3.05, 3.63) is 58.1 Å². The normalized spacial score (nSPS) is 13.3. The number of carbonyl (C=O) groups is 1. The zero-order valence-electron chi connectivity index (χ0n) is 14.0. The zero-order chi connectivity index (χ0) is 18.9. The average Bonchev–Trinajstić information content (AvgIpc) is 3.02. The first-order valence-electron chi connectivity index (χ1n) is 7.88. The van der Waals surface area contributed by atoms with E-state index in [1.54, 1.807) is 4.90 Å². The molecule has 1 aliphatic rings. The maximum absolute atomic E-state index is 12.5. The summed E-state index contributed by atoms with van der Waals surface area (Å²) in [4.78, 5) is 24.4. The van der Waals surface area contributed by atoms with Crippen LogP contribution < -0.4 is 10.2 Å². The molecule has 2 aromatic carbocycles. The molecule has 9 heteroatoms. The van der Waals surface area contributed by atoms with Gasteiger partial charge in [-0.1, -0.05) is 24.3 Å². The van der Waals surface area contributed by atoms with Crippen molar-refractivity contribution >= 4 is 32.8 Å².